The lowest BCUT2D eigenvalue weighted by atomic mass is 10.0. The van der Waals surface area contributed by atoms with E-state index in [1.54, 1.807) is 29.2 Å². The molecule has 1 unspecified atom stereocenters. The first-order chi connectivity index (χ1) is 10.6. The Kier molecular flexibility index (Phi) is 5.77. The zero-order valence-electron chi connectivity index (χ0n) is 12.8. The second kappa shape index (κ2) is 7.79. The van der Waals surface area contributed by atoms with E-state index in [1.807, 2.05) is 0 Å². The number of hydrogen-bond donors (Lipinski definition) is 3. The van der Waals surface area contributed by atoms with Crippen molar-refractivity contribution in [2.24, 2.45) is 0 Å². The topological polar surface area (TPSA) is 81.7 Å². The number of carbonyl (C=O) groups is 2. The van der Waals surface area contributed by atoms with Crippen molar-refractivity contribution in [3.05, 3.63) is 24.3 Å². The molecular formula is C16H23N3O3. The molecule has 6 nitrogen and oxygen atoms in total. The normalized spacial score (nSPS) is 17.9. The Hall–Kier alpha value is -2.08. The number of nitrogens with one attached hydrogen (secondary N) is 2. The minimum atomic E-state index is -0.155. The van der Waals surface area contributed by atoms with E-state index in [1.165, 1.54) is 6.92 Å². The minimum absolute atomic E-state index is 0.0897. The summed E-state index contributed by atoms with van der Waals surface area (Å²) < 4.78 is 0. The first-order valence-electron chi connectivity index (χ1n) is 7.66. The van der Waals surface area contributed by atoms with Gasteiger partial charge in [0.1, 0.15) is 0 Å². The van der Waals surface area contributed by atoms with Crippen molar-refractivity contribution in [2.75, 3.05) is 23.8 Å². The molecule has 1 aromatic carbocycles. The predicted octanol–water partition coefficient (Wildman–Crippen LogP) is 2.41. The van der Waals surface area contributed by atoms with E-state index in [9.17, 15) is 9.59 Å². The number of benzene rings is 1. The lowest BCUT2D eigenvalue weighted by Crippen LogP contribution is -2.46. The van der Waals surface area contributed by atoms with E-state index in [4.69, 9.17) is 5.11 Å². The maximum Gasteiger partial charge on any atom is 0.322 e. The van der Waals surface area contributed by atoms with E-state index >= 15 is 0 Å². The summed E-state index contributed by atoms with van der Waals surface area (Å²) >= 11 is 0. The quantitative estimate of drug-likeness (QED) is 0.799. The smallest absolute Gasteiger partial charge is 0.322 e. The fourth-order valence-electron chi connectivity index (χ4n) is 2.79. The summed E-state index contributed by atoms with van der Waals surface area (Å²) in [6, 6.07) is 7.00. The van der Waals surface area contributed by atoms with Crippen molar-refractivity contribution >= 4 is 23.3 Å². The van der Waals surface area contributed by atoms with E-state index in [0.29, 0.717) is 24.3 Å². The number of likely N-dealkylation sites (tertiary alicyclic amines) is 1. The largest absolute Gasteiger partial charge is 0.396 e. The van der Waals surface area contributed by atoms with Gasteiger partial charge < -0.3 is 20.6 Å². The molecule has 1 aliphatic heterocycles. The summed E-state index contributed by atoms with van der Waals surface area (Å²) in [5, 5.41) is 14.7. The highest BCUT2D eigenvalue weighted by molar-refractivity contribution is 5.92. The van der Waals surface area contributed by atoms with Crippen LogP contribution in [0.1, 0.15) is 32.6 Å². The number of anilines is 2. The molecule has 22 heavy (non-hydrogen) atoms. The van der Waals surface area contributed by atoms with Crippen LogP contribution in [0.5, 0.6) is 0 Å². The van der Waals surface area contributed by atoms with E-state index in [0.717, 1.165) is 19.3 Å². The molecule has 3 amide bonds. The number of rotatable bonds is 4. The molecule has 1 atom stereocenters. The maximum atomic E-state index is 12.4. The molecule has 6 heteroatoms. The summed E-state index contributed by atoms with van der Waals surface area (Å²) in [4.78, 5) is 25.3. The Bertz CT molecular complexity index is 531. The van der Waals surface area contributed by atoms with Gasteiger partial charge in [-0.05, 0) is 43.9 Å². The summed E-state index contributed by atoms with van der Waals surface area (Å²) in [6.45, 7) is 2.24. The van der Waals surface area contributed by atoms with Crippen LogP contribution in [0.4, 0.5) is 16.2 Å². The molecule has 1 saturated heterocycles. The zero-order valence-corrected chi connectivity index (χ0v) is 12.8. The first-order valence-corrected chi connectivity index (χ1v) is 7.66. The van der Waals surface area contributed by atoms with Crippen molar-refractivity contribution in [3.8, 4) is 0 Å². The minimum Gasteiger partial charge on any atom is -0.396 e. The van der Waals surface area contributed by atoms with Crippen LogP contribution in [-0.2, 0) is 4.79 Å². The lowest BCUT2D eigenvalue weighted by Gasteiger charge is -2.35. The van der Waals surface area contributed by atoms with Gasteiger partial charge in [-0.2, -0.15) is 0 Å². The molecule has 2 rings (SSSR count). The molecule has 1 aromatic rings. The second-order valence-corrected chi connectivity index (χ2v) is 5.55. The molecule has 0 aromatic heterocycles. The summed E-state index contributed by atoms with van der Waals surface area (Å²) in [6.07, 6.45) is 3.62. The average molecular weight is 305 g/mol. The summed E-state index contributed by atoms with van der Waals surface area (Å²) in [5.41, 5.74) is 1.29. The van der Waals surface area contributed by atoms with Crippen LogP contribution in [0, 0.1) is 0 Å². The van der Waals surface area contributed by atoms with Gasteiger partial charge in [-0.25, -0.2) is 4.79 Å². The number of nitrogens with zero attached hydrogens (tertiary/aromatic N) is 1. The highest BCUT2D eigenvalue weighted by atomic mass is 16.3. The maximum absolute atomic E-state index is 12.4. The van der Waals surface area contributed by atoms with Crippen molar-refractivity contribution in [1.82, 2.24) is 4.90 Å². The van der Waals surface area contributed by atoms with Gasteiger partial charge in [-0.1, -0.05) is 6.07 Å². The number of aliphatic hydroxyl groups is 1. The van der Waals surface area contributed by atoms with Gasteiger partial charge in [-0.3, -0.25) is 4.79 Å². The number of carbonyl (C=O) groups excluding carboxylic acids is 2. The van der Waals surface area contributed by atoms with E-state index < -0.39 is 0 Å². The van der Waals surface area contributed by atoms with Gasteiger partial charge in [0.15, 0.2) is 0 Å². The van der Waals surface area contributed by atoms with Crippen LogP contribution < -0.4 is 10.6 Å². The summed E-state index contributed by atoms with van der Waals surface area (Å²) in [5.74, 6) is -0.150. The number of amides is 3. The molecule has 0 spiro atoms. The Morgan fingerprint density at radius 2 is 2.00 bits per heavy atom. The van der Waals surface area contributed by atoms with Crippen molar-refractivity contribution < 1.29 is 14.7 Å². The molecule has 1 heterocycles. The second-order valence-electron chi connectivity index (χ2n) is 5.55. The fourth-order valence-corrected chi connectivity index (χ4v) is 2.79. The zero-order chi connectivity index (χ0) is 15.9. The third-order valence-electron chi connectivity index (χ3n) is 3.78. The highest BCUT2D eigenvalue weighted by Gasteiger charge is 2.26. The molecule has 3 N–H and O–H groups in total. The van der Waals surface area contributed by atoms with E-state index in [-0.39, 0.29) is 24.6 Å². The van der Waals surface area contributed by atoms with Crippen molar-refractivity contribution in [3.63, 3.8) is 0 Å². The molecule has 0 saturated carbocycles. The Balaban J connectivity index is 2.02. The average Bonchev–Trinajstić information content (AvgIpc) is 2.47. The standard InChI is InChI=1S/C16H23N3O3/c1-12(21)17-13-5-4-6-14(11-13)18-16(22)19-9-3-2-7-15(19)8-10-20/h4-6,11,15,20H,2-3,7-10H2,1H3,(H,17,21)(H,18,22). The van der Waals surface area contributed by atoms with Gasteiger partial charge in [0.05, 0.1) is 0 Å². The molecule has 1 aliphatic rings. The van der Waals surface area contributed by atoms with Gasteiger partial charge in [0.2, 0.25) is 5.91 Å². The Morgan fingerprint density at radius 3 is 2.68 bits per heavy atom. The van der Waals surface area contributed by atoms with Crippen LogP contribution in [0.3, 0.4) is 0 Å². The van der Waals surface area contributed by atoms with Gasteiger partial charge in [0.25, 0.3) is 0 Å². The number of hydrogen-bond acceptors (Lipinski definition) is 3. The first kappa shape index (κ1) is 16.3. The van der Waals surface area contributed by atoms with Crippen molar-refractivity contribution in [2.45, 2.75) is 38.6 Å². The van der Waals surface area contributed by atoms with E-state index in [2.05, 4.69) is 10.6 Å². The SMILES string of the molecule is CC(=O)Nc1cccc(NC(=O)N2CCCCC2CCO)c1. The molecule has 0 radical (unpaired) electrons. The van der Waals surface area contributed by atoms with Crippen molar-refractivity contribution in [1.29, 1.82) is 0 Å². The number of aliphatic hydroxyl groups excluding tert-OH is 1. The molecule has 120 valence electrons. The number of piperidine rings is 1. The molecule has 1 fully saturated rings. The van der Waals surface area contributed by atoms with Crippen LogP contribution in [0.15, 0.2) is 24.3 Å². The molecule has 0 bridgehead atoms. The van der Waals surface area contributed by atoms with Crippen LogP contribution in [0.25, 0.3) is 0 Å². The Labute approximate surface area is 130 Å². The van der Waals surface area contributed by atoms with Crippen LogP contribution in [-0.4, -0.2) is 41.1 Å². The number of urea groups is 1. The Morgan fingerprint density at radius 1 is 1.27 bits per heavy atom. The third-order valence-corrected chi connectivity index (χ3v) is 3.78. The molecular weight excluding hydrogens is 282 g/mol. The predicted molar refractivity (Wildman–Crippen MR) is 85.8 cm³/mol. The fraction of sp³-hybridized carbons (Fsp3) is 0.500. The van der Waals surface area contributed by atoms with Crippen LogP contribution in [0.2, 0.25) is 0 Å². The van der Waals surface area contributed by atoms with Gasteiger partial charge in [-0.15, -0.1) is 0 Å². The lowest BCUT2D eigenvalue weighted by molar-refractivity contribution is -0.114. The third kappa shape index (κ3) is 4.46. The summed E-state index contributed by atoms with van der Waals surface area (Å²) in [7, 11) is 0. The monoisotopic (exact) mass is 305 g/mol. The van der Waals surface area contributed by atoms with Gasteiger partial charge in [0, 0.05) is 37.5 Å². The van der Waals surface area contributed by atoms with Crippen LogP contribution >= 0.6 is 0 Å². The molecule has 0 aliphatic carbocycles. The highest BCUT2D eigenvalue weighted by Crippen LogP contribution is 2.21. The van der Waals surface area contributed by atoms with Gasteiger partial charge >= 0.3 is 6.03 Å².